The predicted octanol–water partition coefficient (Wildman–Crippen LogP) is 1.81. The Morgan fingerprint density at radius 3 is 2.89 bits per heavy atom. The molecule has 1 aromatic carbocycles. The van der Waals surface area contributed by atoms with E-state index in [2.05, 4.69) is 11.9 Å². The largest absolute Gasteiger partial charge is 0.486 e. The van der Waals surface area contributed by atoms with Gasteiger partial charge in [-0.2, -0.15) is 0 Å². The van der Waals surface area contributed by atoms with E-state index in [1.54, 1.807) is 24.3 Å². The fourth-order valence-corrected chi connectivity index (χ4v) is 1.77. The van der Waals surface area contributed by atoms with Crippen LogP contribution in [0, 0.1) is 0 Å². The zero-order valence-corrected chi connectivity index (χ0v) is 10.3. The van der Waals surface area contributed by atoms with Gasteiger partial charge in [-0.25, -0.2) is 0 Å². The van der Waals surface area contributed by atoms with Crippen LogP contribution in [-0.2, 0) is 0 Å². The molecule has 0 aromatic heterocycles. The van der Waals surface area contributed by atoms with Crippen molar-refractivity contribution >= 4 is 5.78 Å². The van der Waals surface area contributed by atoms with Gasteiger partial charge in [-0.15, -0.1) is 6.58 Å². The van der Waals surface area contributed by atoms with Gasteiger partial charge in [0.15, 0.2) is 17.3 Å². The van der Waals surface area contributed by atoms with Gasteiger partial charge in [0.2, 0.25) is 0 Å². The minimum Gasteiger partial charge on any atom is -0.486 e. The van der Waals surface area contributed by atoms with E-state index in [9.17, 15) is 4.79 Å². The molecule has 1 aliphatic heterocycles. The number of carbonyl (C=O) groups is 1. The average Bonchev–Trinajstić information content (AvgIpc) is 2.43. The summed E-state index contributed by atoms with van der Waals surface area (Å²) in [5.74, 6) is 1.47. The Kier molecular flexibility index (Phi) is 4.36. The van der Waals surface area contributed by atoms with Crippen molar-refractivity contribution < 1.29 is 14.3 Å². The van der Waals surface area contributed by atoms with E-state index in [-0.39, 0.29) is 5.78 Å². The van der Waals surface area contributed by atoms with Crippen LogP contribution in [0.2, 0.25) is 0 Å². The molecular formula is C14H17NO3. The Morgan fingerprint density at radius 1 is 1.33 bits per heavy atom. The first-order valence-electron chi connectivity index (χ1n) is 6.05. The van der Waals surface area contributed by atoms with Crippen molar-refractivity contribution in [3.05, 3.63) is 36.4 Å². The minimum absolute atomic E-state index is 0.100. The highest BCUT2D eigenvalue weighted by Crippen LogP contribution is 2.30. The monoisotopic (exact) mass is 247 g/mol. The van der Waals surface area contributed by atoms with Crippen LogP contribution in [0.1, 0.15) is 16.8 Å². The van der Waals surface area contributed by atoms with Gasteiger partial charge in [0.25, 0.3) is 0 Å². The number of ether oxygens (including phenoxy) is 2. The second-order valence-electron chi connectivity index (χ2n) is 4.02. The van der Waals surface area contributed by atoms with Crippen molar-refractivity contribution in [3.8, 4) is 11.5 Å². The first-order valence-corrected chi connectivity index (χ1v) is 6.05. The van der Waals surface area contributed by atoms with Crippen LogP contribution in [-0.4, -0.2) is 32.1 Å². The van der Waals surface area contributed by atoms with E-state index < -0.39 is 0 Å². The Morgan fingerprint density at radius 2 is 2.11 bits per heavy atom. The lowest BCUT2D eigenvalue weighted by Crippen LogP contribution is -2.19. The third-order valence-electron chi connectivity index (χ3n) is 2.68. The van der Waals surface area contributed by atoms with Gasteiger partial charge < -0.3 is 14.8 Å². The van der Waals surface area contributed by atoms with E-state index in [0.29, 0.717) is 49.8 Å². The number of ketones is 1. The molecule has 4 heteroatoms. The number of nitrogens with one attached hydrogen (secondary N) is 1. The highest BCUT2D eigenvalue weighted by Gasteiger charge is 2.14. The van der Waals surface area contributed by atoms with Gasteiger partial charge >= 0.3 is 0 Å². The lowest BCUT2D eigenvalue weighted by molar-refractivity contribution is 0.0981. The molecule has 0 bridgehead atoms. The molecule has 96 valence electrons. The summed E-state index contributed by atoms with van der Waals surface area (Å²) in [5.41, 5.74) is 0.666. The summed E-state index contributed by atoms with van der Waals surface area (Å²) in [6, 6.07) is 5.33. The average molecular weight is 247 g/mol. The summed E-state index contributed by atoms with van der Waals surface area (Å²) in [5, 5.41) is 3.10. The number of benzene rings is 1. The third kappa shape index (κ3) is 3.11. The fraction of sp³-hybridized carbons (Fsp3) is 0.357. The Balaban J connectivity index is 1.95. The maximum atomic E-state index is 11.9. The third-order valence-corrected chi connectivity index (χ3v) is 2.68. The first kappa shape index (κ1) is 12.6. The number of hydrogen-bond donors (Lipinski definition) is 1. The molecule has 0 saturated heterocycles. The standard InChI is InChI=1S/C14H17NO3/c1-2-6-15-7-5-12(16)11-3-4-13-14(10-11)18-9-8-17-13/h2-4,10,15H,1,5-9H2. The summed E-state index contributed by atoms with van der Waals surface area (Å²) >= 11 is 0. The van der Waals surface area contributed by atoms with E-state index in [4.69, 9.17) is 9.47 Å². The molecule has 0 fully saturated rings. The molecule has 18 heavy (non-hydrogen) atoms. The predicted molar refractivity (Wildman–Crippen MR) is 69.4 cm³/mol. The molecule has 0 unspecified atom stereocenters. The summed E-state index contributed by atoms with van der Waals surface area (Å²) < 4.78 is 10.9. The van der Waals surface area contributed by atoms with Crippen LogP contribution in [0.5, 0.6) is 11.5 Å². The topological polar surface area (TPSA) is 47.6 Å². The van der Waals surface area contributed by atoms with Crippen molar-refractivity contribution in [2.45, 2.75) is 6.42 Å². The van der Waals surface area contributed by atoms with Gasteiger partial charge in [-0.1, -0.05) is 6.08 Å². The Bertz CT molecular complexity index is 443. The molecule has 0 saturated carbocycles. The van der Waals surface area contributed by atoms with E-state index in [1.165, 1.54) is 0 Å². The molecule has 1 aromatic rings. The second kappa shape index (κ2) is 6.21. The quantitative estimate of drug-likeness (QED) is 0.473. The van der Waals surface area contributed by atoms with Crippen LogP contribution in [0.3, 0.4) is 0 Å². The molecule has 0 aliphatic carbocycles. The maximum absolute atomic E-state index is 11.9. The van der Waals surface area contributed by atoms with Gasteiger partial charge in [-0.05, 0) is 18.2 Å². The molecule has 1 heterocycles. The molecule has 0 amide bonds. The highest BCUT2D eigenvalue weighted by molar-refractivity contribution is 5.96. The fourth-order valence-electron chi connectivity index (χ4n) is 1.77. The Labute approximate surface area is 107 Å². The smallest absolute Gasteiger partial charge is 0.164 e. The van der Waals surface area contributed by atoms with Crippen molar-refractivity contribution in [3.63, 3.8) is 0 Å². The minimum atomic E-state index is 0.100. The van der Waals surface area contributed by atoms with Crippen LogP contribution < -0.4 is 14.8 Å². The van der Waals surface area contributed by atoms with Crippen LogP contribution in [0.15, 0.2) is 30.9 Å². The molecule has 0 atom stereocenters. The highest BCUT2D eigenvalue weighted by atomic mass is 16.6. The second-order valence-corrected chi connectivity index (χ2v) is 4.02. The Hall–Kier alpha value is -1.81. The van der Waals surface area contributed by atoms with Gasteiger partial charge in [0, 0.05) is 25.1 Å². The zero-order valence-electron chi connectivity index (χ0n) is 10.3. The molecule has 0 spiro atoms. The van der Waals surface area contributed by atoms with Crippen LogP contribution in [0.25, 0.3) is 0 Å². The number of rotatable bonds is 6. The van der Waals surface area contributed by atoms with Crippen LogP contribution in [0.4, 0.5) is 0 Å². The summed E-state index contributed by atoms with van der Waals surface area (Å²) in [6.45, 7) is 6.07. The van der Waals surface area contributed by atoms with Gasteiger partial charge in [-0.3, -0.25) is 4.79 Å². The normalized spacial score (nSPS) is 13.1. The maximum Gasteiger partial charge on any atom is 0.164 e. The van der Waals surface area contributed by atoms with Crippen molar-refractivity contribution in [2.75, 3.05) is 26.3 Å². The SMILES string of the molecule is C=CCNCCC(=O)c1ccc2c(c1)OCCO2. The number of carbonyl (C=O) groups excluding carboxylic acids is 1. The summed E-state index contributed by atoms with van der Waals surface area (Å²) in [7, 11) is 0. The molecule has 1 N–H and O–H groups in total. The number of fused-ring (bicyclic) bond motifs is 1. The number of Topliss-reactive ketones (excluding diaryl/α,β-unsaturated/α-hetero) is 1. The molecule has 4 nitrogen and oxygen atoms in total. The van der Waals surface area contributed by atoms with Crippen molar-refractivity contribution in [2.24, 2.45) is 0 Å². The first-order chi connectivity index (χ1) is 8.81. The lowest BCUT2D eigenvalue weighted by atomic mass is 10.1. The summed E-state index contributed by atoms with van der Waals surface area (Å²) in [6.07, 6.45) is 2.24. The van der Waals surface area contributed by atoms with Gasteiger partial charge in [0.05, 0.1) is 0 Å². The number of hydrogen-bond acceptors (Lipinski definition) is 4. The molecule has 2 rings (SSSR count). The lowest BCUT2D eigenvalue weighted by Gasteiger charge is -2.18. The molecule has 1 aliphatic rings. The van der Waals surface area contributed by atoms with Gasteiger partial charge in [0.1, 0.15) is 13.2 Å². The molecule has 0 radical (unpaired) electrons. The molecular weight excluding hydrogens is 230 g/mol. The van der Waals surface area contributed by atoms with Crippen molar-refractivity contribution in [1.29, 1.82) is 0 Å². The van der Waals surface area contributed by atoms with Crippen molar-refractivity contribution in [1.82, 2.24) is 5.32 Å². The zero-order chi connectivity index (χ0) is 12.8. The van der Waals surface area contributed by atoms with E-state index in [1.807, 2.05) is 0 Å². The van der Waals surface area contributed by atoms with E-state index in [0.717, 1.165) is 0 Å². The van der Waals surface area contributed by atoms with Crippen LogP contribution >= 0.6 is 0 Å². The summed E-state index contributed by atoms with van der Waals surface area (Å²) in [4.78, 5) is 11.9. The van der Waals surface area contributed by atoms with E-state index >= 15 is 0 Å².